The summed E-state index contributed by atoms with van der Waals surface area (Å²) < 4.78 is 0. The standard InChI is InChI=1S/C9H13N5O3/c10-13-8-4-6(14(16)17)3-7(11-8)12-9(5-15)1-2-9/h3-4,15H,1-2,5,10H2,(H2,11,12,13). The molecule has 0 aliphatic heterocycles. The molecule has 1 heterocycles. The number of anilines is 2. The maximum absolute atomic E-state index is 10.7. The molecule has 1 aliphatic carbocycles. The van der Waals surface area contributed by atoms with Gasteiger partial charge in [-0.1, -0.05) is 0 Å². The minimum absolute atomic E-state index is 0.0250. The summed E-state index contributed by atoms with van der Waals surface area (Å²) in [6, 6.07) is 2.56. The lowest BCUT2D eigenvalue weighted by atomic mass is 10.3. The third kappa shape index (κ3) is 2.43. The first-order valence-corrected chi connectivity index (χ1v) is 5.11. The number of nitrogens with zero attached hydrogens (tertiary/aromatic N) is 2. The van der Waals surface area contributed by atoms with Crippen molar-refractivity contribution in [3.05, 3.63) is 22.2 Å². The number of aliphatic hydroxyl groups is 1. The van der Waals surface area contributed by atoms with Gasteiger partial charge in [-0.2, -0.15) is 0 Å². The fraction of sp³-hybridized carbons (Fsp3) is 0.444. The Morgan fingerprint density at radius 3 is 2.65 bits per heavy atom. The topological polar surface area (TPSA) is 126 Å². The molecular formula is C9H13N5O3. The quantitative estimate of drug-likeness (QED) is 0.328. The first-order valence-electron chi connectivity index (χ1n) is 5.11. The molecule has 92 valence electrons. The summed E-state index contributed by atoms with van der Waals surface area (Å²) in [7, 11) is 0. The third-order valence-electron chi connectivity index (χ3n) is 2.72. The van der Waals surface area contributed by atoms with E-state index in [2.05, 4.69) is 15.7 Å². The van der Waals surface area contributed by atoms with Crippen molar-refractivity contribution in [2.75, 3.05) is 17.3 Å². The van der Waals surface area contributed by atoms with Crippen molar-refractivity contribution in [2.24, 2.45) is 5.84 Å². The molecule has 1 saturated carbocycles. The molecule has 17 heavy (non-hydrogen) atoms. The molecule has 8 heteroatoms. The molecular weight excluding hydrogens is 226 g/mol. The smallest absolute Gasteiger partial charge is 0.276 e. The summed E-state index contributed by atoms with van der Waals surface area (Å²) in [5.41, 5.74) is 1.78. The number of nitrogens with two attached hydrogens (primary N) is 1. The van der Waals surface area contributed by atoms with Crippen LogP contribution in [0.5, 0.6) is 0 Å². The predicted molar refractivity (Wildman–Crippen MR) is 61.4 cm³/mol. The highest BCUT2D eigenvalue weighted by Gasteiger charge is 2.42. The number of nitrogens with one attached hydrogen (secondary N) is 2. The van der Waals surface area contributed by atoms with Crippen LogP contribution in [0.1, 0.15) is 12.8 Å². The Hall–Kier alpha value is -1.93. The van der Waals surface area contributed by atoms with Crippen LogP contribution < -0.4 is 16.6 Å². The van der Waals surface area contributed by atoms with Gasteiger partial charge in [-0.3, -0.25) is 10.1 Å². The van der Waals surface area contributed by atoms with Crippen LogP contribution in [0.3, 0.4) is 0 Å². The van der Waals surface area contributed by atoms with Crippen molar-refractivity contribution in [2.45, 2.75) is 18.4 Å². The zero-order valence-electron chi connectivity index (χ0n) is 9.01. The van der Waals surface area contributed by atoms with Gasteiger partial charge in [0.1, 0.15) is 11.6 Å². The molecule has 0 saturated heterocycles. The van der Waals surface area contributed by atoms with Gasteiger partial charge in [0.05, 0.1) is 29.2 Å². The van der Waals surface area contributed by atoms with Crippen LogP contribution in [0, 0.1) is 10.1 Å². The molecule has 0 bridgehead atoms. The monoisotopic (exact) mass is 239 g/mol. The second kappa shape index (κ2) is 4.15. The average Bonchev–Trinajstić information content (AvgIpc) is 3.09. The molecule has 2 rings (SSSR count). The molecule has 1 aliphatic rings. The van der Waals surface area contributed by atoms with Crippen molar-refractivity contribution < 1.29 is 10.0 Å². The number of hydrogen-bond donors (Lipinski definition) is 4. The second-order valence-corrected chi connectivity index (χ2v) is 4.06. The Morgan fingerprint density at radius 2 is 2.18 bits per heavy atom. The average molecular weight is 239 g/mol. The van der Waals surface area contributed by atoms with Gasteiger partial charge in [-0.25, -0.2) is 10.8 Å². The van der Waals surface area contributed by atoms with E-state index in [1.54, 1.807) is 0 Å². The summed E-state index contributed by atoms with van der Waals surface area (Å²) in [6.07, 6.45) is 1.64. The molecule has 1 aromatic heterocycles. The zero-order chi connectivity index (χ0) is 12.5. The Labute approximate surface area is 97.0 Å². The minimum Gasteiger partial charge on any atom is -0.394 e. The van der Waals surface area contributed by atoms with Crippen LogP contribution in [-0.2, 0) is 0 Å². The van der Waals surface area contributed by atoms with Crippen LogP contribution in [-0.4, -0.2) is 27.2 Å². The normalized spacial score (nSPS) is 16.4. The summed E-state index contributed by atoms with van der Waals surface area (Å²) >= 11 is 0. The van der Waals surface area contributed by atoms with E-state index in [1.807, 2.05) is 0 Å². The lowest BCUT2D eigenvalue weighted by Gasteiger charge is -2.15. The van der Waals surface area contributed by atoms with Crippen molar-refractivity contribution in [3.63, 3.8) is 0 Å². The molecule has 0 radical (unpaired) electrons. The van der Waals surface area contributed by atoms with Gasteiger partial charge >= 0.3 is 0 Å². The number of hydrogen-bond acceptors (Lipinski definition) is 7. The first kappa shape index (κ1) is 11.6. The van der Waals surface area contributed by atoms with Gasteiger partial charge in [0, 0.05) is 0 Å². The molecule has 0 atom stereocenters. The molecule has 1 fully saturated rings. The maximum atomic E-state index is 10.7. The van der Waals surface area contributed by atoms with Crippen LogP contribution in [0.2, 0.25) is 0 Å². The fourth-order valence-electron chi connectivity index (χ4n) is 1.50. The number of pyridine rings is 1. The van der Waals surface area contributed by atoms with Gasteiger partial charge in [0.15, 0.2) is 0 Å². The van der Waals surface area contributed by atoms with Crippen molar-refractivity contribution in [1.82, 2.24) is 4.98 Å². The molecule has 5 N–H and O–H groups in total. The molecule has 8 nitrogen and oxygen atoms in total. The highest BCUT2D eigenvalue weighted by atomic mass is 16.6. The summed E-state index contributed by atoms with van der Waals surface area (Å²) in [6.45, 7) is -0.0250. The number of hydrazine groups is 1. The van der Waals surface area contributed by atoms with E-state index >= 15 is 0 Å². The van der Waals surface area contributed by atoms with E-state index in [9.17, 15) is 10.1 Å². The highest BCUT2D eigenvalue weighted by Crippen LogP contribution is 2.38. The predicted octanol–water partition coefficient (Wildman–Crippen LogP) is 0.212. The SMILES string of the molecule is NNc1cc([N+](=O)[O-])cc(NC2(CO)CC2)n1. The van der Waals surface area contributed by atoms with Crippen LogP contribution >= 0.6 is 0 Å². The number of aromatic nitrogens is 1. The van der Waals surface area contributed by atoms with Gasteiger partial charge < -0.3 is 15.8 Å². The highest BCUT2D eigenvalue weighted by molar-refractivity contribution is 5.55. The summed E-state index contributed by atoms with van der Waals surface area (Å²) in [4.78, 5) is 14.2. The second-order valence-electron chi connectivity index (χ2n) is 4.06. The largest absolute Gasteiger partial charge is 0.394 e. The Balaban J connectivity index is 2.26. The Bertz CT molecular complexity index is 446. The summed E-state index contributed by atoms with van der Waals surface area (Å²) in [5.74, 6) is 5.72. The molecule has 0 spiro atoms. The Kier molecular flexibility index (Phi) is 2.82. The molecule has 0 amide bonds. The number of nitro groups is 1. The van der Waals surface area contributed by atoms with Crippen molar-refractivity contribution in [3.8, 4) is 0 Å². The molecule has 0 unspecified atom stereocenters. The lowest BCUT2D eigenvalue weighted by molar-refractivity contribution is -0.384. The van der Waals surface area contributed by atoms with E-state index in [0.717, 1.165) is 12.8 Å². The van der Waals surface area contributed by atoms with Crippen LogP contribution in [0.4, 0.5) is 17.3 Å². The maximum Gasteiger partial charge on any atom is 0.276 e. The van der Waals surface area contributed by atoms with Gasteiger partial charge in [-0.05, 0) is 12.8 Å². The van der Waals surface area contributed by atoms with Crippen LogP contribution in [0.25, 0.3) is 0 Å². The fourth-order valence-corrected chi connectivity index (χ4v) is 1.50. The van der Waals surface area contributed by atoms with E-state index in [0.29, 0.717) is 5.82 Å². The van der Waals surface area contributed by atoms with Gasteiger partial charge in [-0.15, -0.1) is 0 Å². The minimum atomic E-state index is -0.522. The Morgan fingerprint density at radius 1 is 1.53 bits per heavy atom. The molecule has 0 aromatic carbocycles. The van der Waals surface area contributed by atoms with Crippen LogP contribution in [0.15, 0.2) is 12.1 Å². The number of rotatable bonds is 5. The van der Waals surface area contributed by atoms with Crippen molar-refractivity contribution in [1.29, 1.82) is 0 Å². The van der Waals surface area contributed by atoms with E-state index in [4.69, 9.17) is 10.9 Å². The van der Waals surface area contributed by atoms with Crippen molar-refractivity contribution >= 4 is 17.3 Å². The number of aliphatic hydroxyl groups excluding tert-OH is 1. The van der Waals surface area contributed by atoms with Gasteiger partial charge in [0.25, 0.3) is 5.69 Å². The van der Waals surface area contributed by atoms with E-state index < -0.39 is 4.92 Å². The first-order chi connectivity index (χ1) is 8.08. The van der Waals surface area contributed by atoms with E-state index in [-0.39, 0.29) is 23.7 Å². The third-order valence-corrected chi connectivity index (χ3v) is 2.72. The zero-order valence-corrected chi connectivity index (χ0v) is 9.01. The van der Waals surface area contributed by atoms with E-state index in [1.165, 1.54) is 12.1 Å². The summed E-state index contributed by atoms with van der Waals surface area (Å²) in [5, 5.41) is 22.9. The number of nitrogen functional groups attached to an aromatic ring is 1. The lowest BCUT2D eigenvalue weighted by Crippen LogP contribution is -2.26. The molecule has 1 aromatic rings. The van der Waals surface area contributed by atoms with Gasteiger partial charge in [0.2, 0.25) is 0 Å².